The van der Waals surface area contributed by atoms with Crippen molar-refractivity contribution in [3.63, 3.8) is 0 Å². The zero-order chi connectivity index (χ0) is 14.9. The van der Waals surface area contributed by atoms with Crippen molar-refractivity contribution in [1.29, 1.82) is 0 Å². The van der Waals surface area contributed by atoms with Crippen molar-refractivity contribution in [2.45, 2.75) is 4.90 Å². The summed E-state index contributed by atoms with van der Waals surface area (Å²) in [6.07, 6.45) is 1.11. The van der Waals surface area contributed by atoms with Crippen molar-refractivity contribution in [1.82, 2.24) is 9.97 Å². The molecule has 0 radical (unpaired) electrons. The number of nitrogens with zero attached hydrogens (tertiary/aromatic N) is 2. The number of nitrogens with one attached hydrogen (secondary N) is 1. The maximum Gasteiger partial charge on any atom is 0.263 e. The molecule has 6 nitrogen and oxygen atoms in total. The van der Waals surface area contributed by atoms with Crippen LogP contribution in [-0.4, -0.2) is 18.4 Å². The van der Waals surface area contributed by atoms with Crippen molar-refractivity contribution >= 4 is 56.2 Å². The van der Waals surface area contributed by atoms with Gasteiger partial charge in [0, 0.05) is 5.69 Å². The second-order valence-electron chi connectivity index (χ2n) is 3.63. The summed E-state index contributed by atoms with van der Waals surface area (Å²) in [6.45, 7) is 0. The van der Waals surface area contributed by atoms with Crippen LogP contribution in [0.1, 0.15) is 0 Å². The molecule has 2 rings (SSSR count). The number of sulfonamides is 1. The number of anilines is 2. The summed E-state index contributed by atoms with van der Waals surface area (Å²) in [4.78, 5) is 7.13. The molecule has 20 heavy (non-hydrogen) atoms. The lowest BCUT2D eigenvalue weighted by molar-refractivity contribution is 0.601. The quantitative estimate of drug-likeness (QED) is 0.653. The number of nitrogen functional groups attached to an aromatic ring is 1. The summed E-state index contributed by atoms with van der Waals surface area (Å²) in [7, 11) is -3.99. The fraction of sp³-hybridized carbons (Fsp3) is 0. The molecule has 0 aliphatic rings. The average Bonchev–Trinajstić information content (AvgIpc) is 2.33. The monoisotopic (exact) mass is 352 g/mol. The lowest BCUT2D eigenvalue weighted by Crippen LogP contribution is -2.15. The second-order valence-corrected chi connectivity index (χ2v) is 6.40. The summed E-state index contributed by atoms with van der Waals surface area (Å²) in [5, 5.41) is -0.276. The Labute approximate surface area is 129 Å². The summed E-state index contributed by atoms with van der Waals surface area (Å²) in [5.41, 5.74) is 5.73. The zero-order valence-electron chi connectivity index (χ0n) is 9.64. The molecule has 0 saturated heterocycles. The molecule has 0 aliphatic heterocycles. The first-order valence-electron chi connectivity index (χ1n) is 5.05. The lowest BCUT2D eigenvalue weighted by Gasteiger charge is -2.11. The highest BCUT2D eigenvalue weighted by Gasteiger charge is 2.21. The molecule has 0 amide bonds. The lowest BCUT2D eigenvalue weighted by atomic mass is 10.3. The van der Waals surface area contributed by atoms with E-state index in [1.165, 1.54) is 18.2 Å². The van der Waals surface area contributed by atoms with Gasteiger partial charge in [0.25, 0.3) is 10.0 Å². The van der Waals surface area contributed by atoms with E-state index in [1.807, 2.05) is 0 Å². The molecule has 1 heterocycles. The van der Waals surface area contributed by atoms with Crippen molar-refractivity contribution in [2.75, 3.05) is 10.5 Å². The second kappa shape index (κ2) is 5.61. The van der Waals surface area contributed by atoms with Gasteiger partial charge in [-0.1, -0.05) is 34.8 Å². The highest BCUT2D eigenvalue weighted by molar-refractivity contribution is 7.92. The Hall–Kier alpha value is -1.28. The SMILES string of the molecule is Nc1ccc(S(=O)(=O)Nc2c(Cl)ncnc2Cl)c(Cl)c1. The predicted octanol–water partition coefficient (Wildman–Crippen LogP) is 2.82. The highest BCUT2D eigenvalue weighted by atomic mass is 35.5. The maximum atomic E-state index is 12.2. The Morgan fingerprint density at radius 3 is 2.25 bits per heavy atom. The first kappa shape index (κ1) is 15.1. The smallest absolute Gasteiger partial charge is 0.263 e. The number of rotatable bonds is 3. The average molecular weight is 354 g/mol. The molecule has 0 aliphatic carbocycles. The molecule has 1 aromatic heterocycles. The van der Waals surface area contributed by atoms with Crippen LogP contribution in [0.4, 0.5) is 11.4 Å². The van der Waals surface area contributed by atoms with Crippen LogP contribution in [0.3, 0.4) is 0 Å². The van der Waals surface area contributed by atoms with Crippen LogP contribution < -0.4 is 10.5 Å². The van der Waals surface area contributed by atoms with Gasteiger partial charge >= 0.3 is 0 Å². The number of hydrogen-bond donors (Lipinski definition) is 2. The third-order valence-corrected chi connectivity index (χ3v) is 4.64. The van der Waals surface area contributed by atoms with Gasteiger partial charge < -0.3 is 5.73 Å². The third kappa shape index (κ3) is 3.06. The van der Waals surface area contributed by atoms with E-state index >= 15 is 0 Å². The van der Waals surface area contributed by atoms with E-state index in [2.05, 4.69) is 14.7 Å². The number of nitrogens with two attached hydrogens (primary N) is 1. The van der Waals surface area contributed by atoms with Crippen LogP contribution in [-0.2, 0) is 10.0 Å². The van der Waals surface area contributed by atoms with E-state index in [1.54, 1.807) is 0 Å². The molecule has 0 fully saturated rings. The van der Waals surface area contributed by atoms with Gasteiger partial charge in [-0.15, -0.1) is 0 Å². The van der Waals surface area contributed by atoms with Crippen molar-refractivity contribution in [2.24, 2.45) is 0 Å². The van der Waals surface area contributed by atoms with Crippen LogP contribution in [0.15, 0.2) is 29.4 Å². The van der Waals surface area contributed by atoms with Crippen LogP contribution in [0.2, 0.25) is 15.3 Å². The summed E-state index contributed by atoms with van der Waals surface area (Å²) >= 11 is 17.4. The van der Waals surface area contributed by atoms with Gasteiger partial charge in [-0.05, 0) is 18.2 Å². The predicted molar refractivity (Wildman–Crippen MR) is 78.7 cm³/mol. The molecule has 3 N–H and O–H groups in total. The maximum absolute atomic E-state index is 12.2. The zero-order valence-corrected chi connectivity index (χ0v) is 12.7. The van der Waals surface area contributed by atoms with Crippen LogP contribution in [0.5, 0.6) is 0 Å². The molecule has 0 atom stereocenters. The topological polar surface area (TPSA) is 98.0 Å². The van der Waals surface area contributed by atoms with Crippen LogP contribution >= 0.6 is 34.8 Å². The minimum absolute atomic E-state index is 0.0263. The molecule has 2 aromatic rings. The van der Waals surface area contributed by atoms with E-state index < -0.39 is 10.0 Å². The minimum atomic E-state index is -3.99. The first-order chi connectivity index (χ1) is 9.31. The number of hydrogen-bond acceptors (Lipinski definition) is 5. The van der Waals surface area contributed by atoms with Gasteiger partial charge in [0.1, 0.15) is 16.9 Å². The number of benzene rings is 1. The molecule has 0 bridgehead atoms. The Bertz CT molecular complexity index is 747. The summed E-state index contributed by atoms with van der Waals surface area (Å²) in [6, 6.07) is 4.00. The Kier molecular flexibility index (Phi) is 4.24. The number of halogens is 3. The molecule has 10 heteroatoms. The minimum Gasteiger partial charge on any atom is -0.399 e. The summed E-state index contributed by atoms with van der Waals surface area (Å²) in [5.74, 6) is 0. The molecule has 1 aromatic carbocycles. The van der Waals surface area contributed by atoms with Gasteiger partial charge in [-0.2, -0.15) is 0 Å². The van der Waals surface area contributed by atoms with Crippen LogP contribution in [0.25, 0.3) is 0 Å². The van der Waals surface area contributed by atoms with Gasteiger partial charge in [-0.3, -0.25) is 4.72 Å². The van der Waals surface area contributed by atoms with E-state index in [4.69, 9.17) is 40.5 Å². The van der Waals surface area contributed by atoms with E-state index in [0.717, 1.165) is 6.33 Å². The van der Waals surface area contributed by atoms with Gasteiger partial charge in [0.05, 0.1) is 5.02 Å². The Morgan fingerprint density at radius 2 is 1.70 bits per heavy atom. The fourth-order valence-electron chi connectivity index (χ4n) is 1.35. The molecule has 0 unspecified atom stereocenters. The first-order valence-corrected chi connectivity index (χ1v) is 7.67. The third-order valence-electron chi connectivity index (χ3n) is 2.24. The molecule has 0 spiro atoms. The van der Waals surface area contributed by atoms with Crippen molar-refractivity contribution in [3.8, 4) is 0 Å². The van der Waals surface area contributed by atoms with Crippen molar-refractivity contribution < 1.29 is 8.42 Å². The Balaban J connectivity index is 2.46. The Morgan fingerprint density at radius 1 is 1.10 bits per heavy atom. The van der Waals surface area contributed by atoms with Gasteiger partial charge in [-0.25, -0.2) is 18.4 Å². The summed E-state index contributed by atoms with van der Waals surface area (Å²) < 4.78 is 26.6. The molecular weight excluding hydrogens is 347 g/mol. The molecule has 106 valence electrons. The van der Waals surface area contributed by atoms with Crippen molar-refractivity contribution in [3.05, 3.63) is 39.9 Å². The van der Waals surface area contributed by atoms with E-state index in [0.29, 0.717) is 5.69 Å². The van der Waals surface area contributed by atoms with E-state index in [-0.39, 0.29) is 25.9 Å². The van der Waals surface area contributed by atoms with E-state index in [9.17, 15) is 8.42 Å². The van der Waals surface area contributed by atoms with Gasteiger partial charge in [0.15, 0.2) is 10.3 Å². The van der Waals surface area contributed by atoms with Crippen LogP contribution in [0, 0.1) is 0 Å². The van der Waals surface area contributed by atoms with Gasteiger partial charge in [0.2, 0.25) is 0 Å². The molecule has 0 saturated carbocycles. The largest absolute Gasteiger partial charge is 0.399 e. The molecular formula is C10H7Cl3N4O2S. The standard InChI is InChI=1S/C10H7Cl3N4O2S/c11-6-3-5(14)1-2-7(6)20(18,19)17-8-9(12)15-4-16-10(8)13/h1-4,17H,14H2. The highest BCUT2D eigenvalue weighted by Crippen LogP contribution is 2.30. The number of aromatic nitrogens is 2. The fourth-order valence-corrected chi connectivity index (χ4v) is 3.50. The normalized spacial score (nSPS) is 11.3.